The van der Waals surface area contributed by atoms with Crippen LogP contribution in [-0.2, 0) is 4.79 Å². The van der Waals surface area contributed by atoms with Gasteiger partial charge in [-0.05, 0) is 47.4 Å². The highest BCUT2D eigenvalue weighted by molar-refractivity contribution is 14.1. The number of carboxylic acid groups (broad SMARTS) is 1. The minimum Gasteiger partial charge on any atom is -0.507 e. The predicted molar refractivity (Wildman–Crippen MR) is 62.3 cm³/mol. The van der Waals surface area contributed by atoms with E-state index in [0.29, 0.717) is 12.2 Å². The number of carbonyl (C=O) groups is 1. The van der Waals surface area contributed by atoms with Crippen LogP contribution >= 0.6 is 22.6 Å². The number of carboxylic acids is 1. The van der Waals surface area contributed by atoms with Gasteiger partial charge in [-0.1, -0.05) is 13.0 Å². The number of hydrogen-bond donors (Lipinski definition) is 2. The van der Waals surface area contributed by atoms with E-state index in [1.54, 1.807) is 13.0 Å². The van der Waals surface area contributed by atoms with Gasteiger partial charge in [0, 0.05) is 3.58 Å². The van der Waals surface area contributed by atoms with Gasteiger partial charge in [-0.25, -0.2) is 0 Å². The zero-order valence-electron chi connectivity index (χ0n) is 7.90. The second kappa shape index (κ2) is 4.82. The van der Waals surface area contributed by atoms with Crippen molar-refractivity contribution in [2.24, 2.45) is 11.8 Å². The molecular weight excluding hydrogens is 295 g/mol. The molecule has 2 N–H and O–H groups in total. The molecule has 0 heterocycles. The number of aliphatic hydroxyl groups is 1. The van der Waals surface area contributed by atoms with Crippen LogP contribution in [0.3, 0.4) is 0 Å². The van der Waals surface area contributed by atoms with Crippen molar-refractivity contribution in [2.75, 3.05) is 0 Å². The standard InChI is InChI=1S/C10H13IO3/c1-6(10(13)14)4-7-2-3-9(12)8(11)5-7/h2-3,6-7,12H,4-5H2,1H3,(H,13,14). The van der Waals surface area contributed by atoms with Crippen LogP contribution < -0.4 is 0 Å². The highest BCUT2D eigenvalue weighted by Crippen LogP contribution is 2.30. The number of hydrogen-bond acceptors (Lipinski definition) is 2. The van der Waals surface area contributed by atoms with E-state index in [0.717, 1.165) is 10.0 Å². The first-order valence-corrected chi connectivity index (χ1v) is 5.57. The Morgan fingerprint density at radius 3 is 2.93 bits per heavy atom. The van der Waals surface area contributed by atoms with Crippen molar-refractivity contribution in [1.82, 2.24) is 0 Å². The van der Waals surface area contributed by atoms with Crippen molar-refractivity contribution in [3.63, 3.8) is 0 Å². The summed E-state index contributed by atoms with van der Waals surface area (Å²) >= 11 is 2.09. The molecular formula is C10H13IO3. The number of aliphatic hydroxyl groups excluding tert-OH is 1. The van der Waals surface area contributed by atoms with E-state index in [2.05, 4.69) is 22.6 Å². The molecule has 0 bridgehead atoms. The second-order valence-corrected chi connectivity index (χ2v) is 4.89. The third kappa shape index (κ3) is 3.01. The maximum Gasteiger partial charge on any atom is 0.306 e. The molecule has 0 aliphatic heterocycles. The summed E-state index contributed by atoms with van der Waals surface area (Å²) in [6.45, 7) is 1.71. The van der Waals surface area contributed by atoms with Gasteiger partial charge in [-0.2, -0.15) is 0 Å². The third-order valence-electron chi connectivity index (χ3n) is 2.32. The van der Waals surface area contributed by atoms with Crippen LogP contribution in [-0.4, -0.2) is 16.2 Å². The van der Waals surface area contributed by atoms with E-state index in [1.807, 2.05) is 6.08 Å². The summed E-state index contributed by atoms with van der Waals surface area (Å²) in [6.07, 6.45) is 4.92. The van der Waals surface area contributed by atoms with Gasteiger partial charge < -0.3 is 10.2 Å². The van der Waals surface area contributed by atoms with Crippen molar-refractivity contribution < 1.29 is 15.0 Å². The van der Waals surface area contributed by atoms with E-state index < -0.39 is 5.97 Å². The average Bonchev–Trinajstić information content (AvgIpc) is 2.11. The molecule has 1 aliphatic carbocycles. The molecule has 0 saturated carbocycles. The van der Waals surface area contributed by atoms with Crippen LogP contribution in [0.25, 0.3) is 0 Å². The fraction of sp³-hybridized carbons (Fsp3) is 0.500. The van der Waals surface area contributed by atoms with Crippen LogP contribution in [0.4, 0.5) is 0 Å². The van der Waals surface area contributed by atoms with E-state index >= 15 is 0 Å². The topological polar surface area (TPSA) is 57.5 Å². The van der Waals surface area contributed by atoms with Crippen LogP contribution in [0.5, 0.6) is 0 Å². The Hall–Kier alpha value is -0.520. The predicted octanol–water partition coefficient (Wildman–Crippen LogP) is 2.88. The zero-order chi connectivity index (χ0) is 10.7. The first kappa shape index (κ1) is 11.6. The average molecular weight is 308 g/mol. The molecule has 14 heavy (non-hydrogen) atoms. The van der Waals surface area contributed by atoms with Crippen molar-refractivity contribution in [3.05, 3.63) is 21.5 Å². The first-order chi connectivity index (χ1) is 6.50. The van der Waals surface area contributed by atoms with Crippen molar-refractivity contribution >= 4 is 28.6 Å². The summed E-state index contributed by atoms with van der Waals surface area (Å²) in [6, 6.07) is 0. The smallest absolute Gasteiger partial charge is 0.306 e. The summed E-state index contributed by atoms with van der Waals surface area (Å²) < 4.78 is 0.910. The summed E-state index contributed by atoms with van der Waals surface area (Å²) in [5, 5.41) is 18.1. The molecule has 0 aromatic rings. The molecule has 3 nitrogen and oxygen atoms in total. The number of halogens is 1. The Morgan fingerprint density at radius 2 is 2.43 bits per heavy atom. The number of allylic oxidation sites excluding steroid dienone is 3. The van der Waals surface area contributed by atoms with Gasteiger partial charge in [0.1, 0.15) is 5.76 Å². The monoisotopic (exact) mass is 308 g/mol. The van der Waals surface area contributed by atoms with Crippen molar-refractivity contribution in [3.8, 4) is 0 Å². The molecule has 4 heteroatoms. The van der Waals surface area contributed by atoms with Gasteiger partial charge in [-0.3, -0.25) is 4.79 Å². The molecule has 0 spiro atoms. The van der Waals surface area contributed by atoms with E-state index in [-0.39, 0.29) is 11.8 Å². The van der Waals surface area contributed by atoms with Crippen LogP contribution in [0.2, 0.25) is 0 Å². The number of rotatable bonds is 3. The lowest BCUT2D eigenvalue weighted by molar-refractivity contribution is -0.141. The molecule has 1 aliphatic rings. The third-order valence-corrected chi connectivity index (χ3v) is 3.32. The minimum absolute atomic E-state index is 0.240. The molecule has 0 fully saturated rings. The quantitative estimate of drug-likeness (QED) is 0.788. The van der Waals surface area contributed by atoms with Crippen molar-refractivity contribution in [1.29, 1.82) is 0 Å². The van der Waals surface area contributed by atoms with E-state index in [9.17, 15) is 9.90 Å². The fourth-order valence-electron chi connectivity index (χ4n) is 1.44. The maximum absolute atomic E-state index is 10.6. The molecule has 0 aromatic heterocycles. The summed E-state index contributed by atoms with van der Waals surface area (Å²) in [4.78, 5) is 10.6. The lowest BCUT2D eigenvalue weighted by Crippen LogP contribution is -2.15. The van der Waals surface area contributed by atoms with Gasteiger partial charge in [-0.15, -0.1) is 0 Å². The molecule has 0 radical (unpaired) electrons. The lowest BCUT2D eigenvalue weighted by Gasteiger charge is -2.18. The highest BCUT2D eigenvalue weighted by Gasteiger charge is 2.20. The Kier molecular flexibility index (Phi) is 3.97. The van der Waals surface area contributed by atoms with Gasteiger partial charge in [0.05, 0.1) is 5.92 Å². The van der Waals surface area contributed by atoms with Gasteiger partial charge in [0.2, 0.25) is 0 Å². The molecule has 2 unspecified atom stereocenters. The second-order valence-electron chi connectivity index (χ2n) is 3.59. The van der Waals surface area contributed by atoms with Gasteiger partial charge in [0.15, 0.2) is 0 Å². The largest absolute Gasteiger partial charge is 0.507 e. The van der Waals surface area contributed by atoms with Crippen molar-refractivity contribution in [2.45, 2.75) is 19.8 Å². The van der Waals surface area contributed by atoms with Crippen LogP contribution in [0, 0.1) is 11.8 Å². The molecule has 78 valence electrons. The molecule has 2 atom stereocenters. The van der Waals surface area contributed by atoms with Crippen LogP contribution in [0.1, 0.15) is 19.8 Å². The van der Waals surface area contributed by atoms with Gasteiger partial charge >= 0.3 is 5.97 Å². The Morgan fingerprint density at radius 1 is 1.79 bits per heavy atom. The summed E-state index contributed by atoms with van der Waals surface area (Å²) in [5.41, 5.74) is 0. The highest BCUT2D eigenvalue weighted by atomic mass is 127. The van der Waals surface area contributed by atoms with Gasteiger partial charge in [0.25, 0.3) is 0 Å². The molecule has 0 saturated heterocycles. The number of aliphatic carboxylic acids is 1. The van der Waals surface area contributed by atoms with E-state index in [4.69, 9.17) is 5.11 Å². The summed E-state index contributed by atoms with van der Waals surface area (Å²) in [7, 11) is 0. The Bertz CT molecular complexity index is 294. The van der Waals surface area contributed by atoms with E-state index in [1.165, 1.54) is 0 Å². The molecule has 1 rings (SSSR count). The Balaban J connectivity index is 2.52. The first-order valence-electron chi connectivity index (χ1n) is 4.49. The maximum atomic E-state index is 10.6. The molecule has 0 aromatic carbocycles. The minimum atomic E-state index is -0.757. The molecule has 0 amide bonds. The zero-order valence-corrected chi connectivity index (χ0v) is 10.1. The lowest BCUT2D eigenvalue weighted by atomic mass is 9.90. The van der Waals surface area contributed by atoms with Crippen LogP contribution in [0.15, 0.2) is 21.5 Å². The SMILES string of the molecule is CC(CC1C=CC(O)=C(I)C1)C(=O)O. The normalized spacial score (nSPS) is 23.7. The Labute approximate surface area is 96.7 Å². The summed E-state index contributed by atoms with van der Waals surface area (Å²) in [5.74, 6) is -0.532. The fourth-order valence-corrected chi connectivity index (χ4v) is 2.18.